The summed E-state index contributed by atoms with van der Waals surface area (Å²) in [6, 6.07) is 39.1. The van der Waals surface area contributed by atoms with Gasteiger partial charge in [0.05, 0.1) is 33.0 Å². The highest BCUT2D eigenvalue weighted by Gasteiger charge is 2.63. The van der Waals surface area contributed by atoms with Gasteiger partial charge in [0.1, 0.15) is 30.0 Å². The van der Waals surface area contributed by atoms with Crippen LogP contribution in [0.1, 0.15) is 22.3 Å². The van der Waals surface area contributed by atoms with E-state index in [0.29, 0.717) is 0 Å². The zero-order valence-electron chi connectivity index (χ0n) is 22.4. The molecule has 0 spiro atoms. The van der Waals surface area contributed by atoms with Crippen molar-refractivity contribution in [1.29, 1.82) is 0 Å². The maximum absolute atomic E-state index is 11.8. The number of aliphatic hydroxyl groups is 2. The Bertz CT molecular complexity index is 1270. The van der Waals surface area contributed by atoms with Crippen LogP contribution in [0.15, 0.2) is 121 Å². The molecular formula is C34H36O6. The van der Waals surface area contributed by atoms with E-state index >= 15 is 0 Å². The van der Waals surface area contributed by atoms with Crippen LogP contribution in [0.25, 0.3) is 0 Å². The van der Waals surface area contributed by atoms with Crippen LogP contribution in [0.3, 0.4) is 0 Å². The lowest BCUT2D eigenvalue weighted by molar-refractivity contribution is -0.212. The average Bonchev–Trinajstić information content (AvgIpc) is 3.24. The van der Waals surface area contributed by atoms with Crippen LogP contribution < -0.4 is 0 Å². The Labute approximate surface area is 235 Å². The minimum atomic E-state index is -1.48. The van der Waals surface area contributed by atoms with Gasteiger partial charge in [0.2, 0.25) is 0 Å². The molecule has 0 radical (unpaired) electrons. The summed E-state index contributed by atoms with van der Waals surface area (Å²) in [4.78, 5) is 0. The maximum atomic E-state index is 11.8. The van der Waals surface area contributed by atoms with Gasteiger partial charge >= 0.3 is 0 Å². The summed E-state index contributed by atoms with van der Waals surface area (Å²) in [5, 5.41) is 22.7. The van der Waals surface area contributed by atoms with Crippen LogP contribution >= 0.6 is 0 Å². The van der Waals surface area contributed by atoms with Crippen LogP contribution in [-0.2, 0) is 45.4 Å². The minimum Gasteiger partial charge on any atom is -0.393 e. The molecule has 4 aromatic carbocycles. The monoisotopic (exact) mass is 540 g/mol. The van der Waals surface area contributed by atoms with Gasteiger partial charge in [-0.2, -0.15) is 0 Å². The quantitative estimate of drug-likeness (QED) is 0.247. The van der Waals surface area contributed by atoms with E-state index in [1.54, 1.807) is 0 Å². The zero-order valence-corrected chi connectivity index (χ0v) is 22.4. The van der Waals surface area contributed by atoms with E-state index in [0.717, 1.165) is 22.3 Å². The summed E-state index contributed by atoms with van der Waals surface area (Å²) in [7, 11) is 0. The van der Waals surface area contributed by atoms with Crippen molar-refractivity contribution in [3.8, 4) is 0 Å². The fourth-order valence-corrected chi connectivity index (χ4v) is 5.16. The molecule has 5 atom stereocenters. The summed E-state index contributed by atoms with van der Waals surface area (Å²) >= 11 is 0. The molecule has 1 saturated carbocycles. The number of hydrogen-bond acceptors (Lipinski definition) is 6. The first kappa shape index (κ1) is 28.2. The highest BCUT2D eigenvalue weighted by molar-refractivity contribution is 5.20. The molecule has 1 aliphatic rings. The van der Waals surface area contributed by atoms with E-state index < -0.39 is 36.6 Å². The SMILES string of the molecule is OC[C@@]1(OCc2ccccc2)[C@H](O)[C@@H](OCc2ccccc2)[C@@H](OCc2ccccc2)[C@@H]1OCc1ccccc1. The Morgan fingerprint density at radius 2 is 0.875 bits per heavy atom. The molecule has 1 fully saturated rings. The first-order valence-electron chi connectivity index (χ1n) is 13.6. The molecule has 0 bridgehead atoms. The number of benzene rings is 4. The zero-order chi connectivity index (χ0) is 27.6. The molecule has 0 saturated heterocycles. The molecule has 5 rings (SSSR count). The van der Waals surface area contributed by atoms with Gasteiger partial charge in [-0.3, -0.25) is 0 Å². The number of rotatable bonds is 13. The molecule has 0 aromatic heterocycles. The second kappa shape index (κ2) is 13.8. The van der Waals surface area contributed by atoms with Gasteiger partial charge in [-0.15, -0.1) is 0 Å². The molecule has 6 heteroatoms. The van der Waals surface area contributed by atoms with Crippen LogP contribution in [-0.4, -0.2) is 46.8 Å². The lowest BCUT2D eigenvalue weighted by Gasteiger charge is -2.37. The lowest BCUT2D eigenvalue weighted by atomic mass is 9.97. The number of hydrogen-bond donors (Lipinski definition) is 2. The molecule has 208 valence electrons. The van der Waals surface area contributed by atoms with Gasteiger partial charge < -0.3 is 29.2 Å². The molecule has 0 heterocycles. The average molecular weight is 541 g/mol. The van der Waals surface area contributed by atoms with Gasteiger partial charge in [-0.1, -0.05) is 121 Å². The Morgan fingerprint density at radius 3 is 1.30 bits per heavy atom. The number of ether oxygens (including phenoxy) is 4. The van der Waals surface area contributed by atoms with Crippen LogP contribution in [0.2, 0.25) is 0 Å². The molecular weight excluding hydrogens is 504 g/mol. The second-order valence-electron chi connectivity index (χ2n) is 10.1. The van der Waals surface area contributed by atoms with E-state index in [2.05, 4.69) is 0 Å². The van der Waals surface area contributed by atoms with Crippen molar-refractivity contribution in [3.05, 3.63) is 144 Å². The maximum Gasteiger partial charge on any atom is 0.149 e. The summed E-state index contributed by atoms with van der Waals surface area (Å²) in [5.74, 6) is 0. The summed E-state index contributed by atoms with van der Waals surface area (Å²) in [5.41, 5.74) is 2.34. The summed E-state index contributed by atoms with van der Waals surface area (Å²) < 4.78 is 25.7. The molecule has 1 aliphatic carbocycles. The lowest BCUT2D eigenvalue weighted by Crippen LogP contribution is -2.55. The smallest absolute Gasteiger partial charge is 0.149 e. The molecule has 0 amide bonds. The molecule has 6 nitrogen and oxygen atoms in total. The summed E-state index contributed by atoms with van der Waals surface area (Å²) in [6.07, 6.45) is -3.56. The predicted octanol–water partition coefficient (Wildman–Crippen LogP) is 5.07. The highest BCUT2D eigenvalue weighted by Crippen LogP contribution is 2.41. The predicted molar refractivity (Wildman–Crippen MR) is 152 cm³/mol. The molecule has 0 aliphatic heterocycles. The summed E-state index contributed by atoms with van der Waals surface area (Å²) in [6.45, 7) is 0.511. The third kappa shape index (κ3) is 6.67. The van der Waals surface area contributed by atoms with Crippen LogP contribution in [0.5, 0.6) is 0 Å². The van der Waals surface area contributed by atoms with Crippen molar-refractivity contribution >= 4 is 0 Å². The van der Waals surface area contributed by atoms with Gasteiger partial charge in [-0.25, -0.2) is 0 Å². The molecule has 40 heavy (non-hydrogen) atoms. The third-order valence-corrected chi connectivity index (χ3v) is 7.36. The van der Waals surface area contributed by atoms with Crippen LogP contribution in [0.4, 0.5) is 0 Å². The van der Waals surface area contributed by atoms with Crippen molar-refractivity contribution in [2.45, 2.75) is 56.4 Å². The largest absolute Gasteiger partial charge is 0.393 e. The Hall–Kier alpha value is -3.36. The minimum absolute atomic E-state index is 0.181. The van der Waals surface area contributed by atoms with E-state index in [9.17, 15) is 10.2 Å². The first-order chi connectivity index (χ1) is 19.7. The van der Waals surface area contributed by atoms with Crippen molar-refractivity contribution in [1.82, 2.24) is 0 Å². The molecule has 2 N–H and O–H groups in total. The van der Waals surface area contributed by atoms with Gasteiger partial charge in [-0.05, 0) is 22.3 Å². The number of aliphatic hydroxyl groups excluding tert-OH is 2. The topological polar surface area (TPSA) is 77.4 Å². The normalized spacial score (nSPS) is 24.2. The van der Waals surface area contributed by atoms with E-state index in [-0.39, 0.29) is 26.4 Å². The van der Waals surface area contributed by atoms with Gasteiger partial charge in [0.25, 0.3) is 0 Å². The Morgan fingerprint density at radius 1 is 0.500 bits per heavy atom. The third-order valence-electron chi connectivity index (χ3n) is 7.36. The Kier molecular flexibility index (Phi) is 9.73. The molecule has 0 unspecified atom stereocenters. The van der Waals surface area contributed by atoms with Crippen molar-refractivity contribution in [2.24, 2.45) is 0 Å². The van der Waals surface area contributed by atoms with Crippen LogP contribution in [0, 0.1) is 0 Å². The fourth-order valence-electron chi connectivity index (χ4n) is 5.16. The standard InChI is InChI=1S/C34H36O6/c35-25-34(40-24-29-19-11-4-12-20-29)32(36)30(37-21-26-13-5-1-6-14-26)31(38-22-27-15-7-2-8-16-27)33(34)39-23-28-17-9-3-10-18-28/h1-20,30-33,35-36H,21-25H2/t30-,31+,32+,33-,34+/m0/s1. The van der Waals surface area contributed by atoms with Crippen molar-refractivity contribution in [3.63, 3.8) is 0 Å². The fraction of sp³-hybridized carbons (Fsp3) is 0.294. The van der Waals surface area contributed by atoms with Gasteiger partial charge in [0, 0.05) is 0 Å². The molecule has 4 aromatic rings. The van der Waals surface area contributed by atoms with Gasteiger partial charge in [0.15, 0.2) is 0 Å². The second-order valence-corrected chi connectivity index (χ2v) is 10.1. The first-order valence-corrected chi connectivity index (χ1v) is 13.6. The van der Waals surface area contributed by atoms with Crippen molar-refractivity contribution in [2.75, 3.05) is 6.61 Å². The van der Waals surface area contributed by atoms with E-state index in [1.807, 2.05) is 121 Å². The highest BCUT2D eigenvalue weighted by atomic mass is 16.6. The van der Waals surface area contributed by atoms with E-state index in [4.69, 9.17) is 18.9 Å². The Balaban J connectivity index is 1.46. The van der Waals surface area contributed by atoms with Crippen molar-refractivity contribution < 1.29 is 29.2 Å². The van der Waals surface area contributed by atoms with E-state index in [1.165, 1.54) is 0 Å².